The minimum absolute atomic E-state index is 0.435. The molecule has 0 bridgehead atoms. The molecule has 2 aliphatic heterocycles. The standard InChI is InChI=1S/C7H11N3/c1-6-4-8-5-7-9-2-3-10(6)7/h2-4,7-9H,5H2,1H3. The van der Waals surface area contributed by atoms with E-state index in [1.807, 2.05) is 12.4 Å². The summed E-state index contributed by atoms with van der Waals surface area (Å²) in [6.45, 7) is 3.07. The molecule has 54 valence electrons. The molecule has 2 heterocycles. The first-order valence-electron chi connectivity index (χ1n) is 3.49. The molecule has 0 aliphatic carbocycles. The van der Waals surface area contributed by atoms with Gasteiger partial charge in [-0.05, 0) is 6.92 Å². The fourth-order valence-electron chi connectivity index (χ4n) is 1.33. The van der Waals surface area contributed by atoms with Gasteiger partial charge in [-0.3, -0.25) is 0 Å². The molecule has 0 aromatic rings. The number of hydrogen-bond donors (Lipinski definition) is 2. The van der Waals surface area contributed by atoms with Crippen LogP contribution in [0.3, 0.4) is 0 Å². The van der Waals surface area contributed by atoms with E-state index < -0.39 is 0 Å². The Bertz CT molecular complexity index is 195. The third-order valence-electron chi connectivity index (χ3n) is 1.89. The number of allylic oxidation sites excluding steroid dienone is 1. The van der Waals surface area contributed by atoms with E-state index in [1.165, 1.54) is 5.70 Å². The van der Waals surface area contributed by atoms with Crippen molar-refractivity contribution in [2.45, 2.75) is 13.1 Å². The van der Waals surface area contributed by atoms with Gasteiger partial charge >= 0.3 is 0 Å². The second-order valence-electron chi connectivity index (χ2n) is 2.60. The quantitative estimate of drug-likeness (QED) is 0.498. The maximum Gasteiger partial charge on any atom is 0.120 e. The molecule has 2 N–H and O–H groups in total. The molecular formula is C7H11N3. The lowest BCUT2D eigenvalue weighted by Crippen LogP contribution is -2.45. The van der Waals surface area contributed by atoms with Crippen LogP contribution in [0.15, 0.2) is 24.3 Å². The summed E-state index contributed by atoms with van der Waals surface area (Å²) in [7, 11) is 0. The molecular weight excluding hydrogens is 126 g/mol. The molecule has 0 amide bonds. The summed E-state index contributed by atoms with van der Waals surface area (Å²) >= 11 is 0. The highest BCUT2D eigenvalue weighted by Crippen LogP contribution is 2.14. The van der Waals surface area contributed by atoms with Crippen molar-refractivity contribution in [1.82, 2.24) is 15.5 Å². The summed E-state index contributed by atoms with van der Waals surface area (Å²) in [6, 6.07) is 0. The molecule has 0 aromatic heterocycles. The highest BCUT2D eigenvalue weighted by molar-refractivity contribution is 5.12. The largest absolute Gasteiger partial charge is 0.386 e. The number of hydrogen-bond acceptors (Lipinski definition) is 3. The average Bonchev–Trinajstić information content (AvgIpc) is 2.36. The molecule has 0 radical (unpaired) electrons. The summed E-state index contributed by atoms with van der Waals surface area (Å²) in [5, 5.41) is 6.43. The molecule has 3 nitrogen and oxygen atoms in total. The average molecular weight is 137 g/mol. The van der Waals surface area contributed by atoms with Crippen LogP contribution in [0.5, 0.6) is 0 Å². The van der Waals surface area contributed by atoms with Gasteiger partial charge in [-0.2, -0.15) is 0 Å². The lowest BCUT2D eigenvalue weighted by Gasteiger charge is -2.30. The zero-order valence-electron chi connectivity index (χ0n) is 5.96. The Labute approximate surface area is 60.4 Å². The smallest absolute Gasteiger partial charge is 0.120 e. The van der Waals surface area contributed by atoms with Gasteiger partial charge in [0.2, 0.25) is 0 Å². The van der Waals surface area contributed by atoms with Crippen molar-refractivity contribution in [2.24, 2.45) is 0 Å². The van der Waals surface area contributed by atoms with Crippen LogP contribution in [0.1, 0.15) is 6.92 Å². The second-order valence-corrected chi connectivity index (χ2v) is 2.60. The molecule has 0 saturated heterocycles. The van der Waals surface area contributed by atoms with Crippen molar-refractivity contribution in [3.63, 3.8) is 0 Å². The Hall–Kier alpha value is -1.12. The van der Waals surface area contributed by atoms with Crippen molar-refractivity contribution in [2.75, 3.05) is 6.54 Å². The van der Waals surface area contributed by atoms with Crippen LogP contribution in [0.4, 0.5) is 0 Å². The monoisotopic (exact) mass is 137 g/mol. The van der Waals surface area contributed by atoms with E-state index >= 15 is 0 Å². The van der Waals surface area contributed by atoms with Crippen molar-refractivity contribution in [3.05, 3.63) is 24.3 Å². The van der Waals surface area contributed by atoms with Gasteiger partial charge in [0.15, 0.2) is 0 Å². The maximum absolute atomic E-state index is 3.23. The van der Waals surface area contributed by atoms with Gasteiger partial charge < -0.3 is 15.5 Å². The minimum atomic E-state index is 0.435. The number of fused-ring (bicyclic) bond motifs is 1. The second kappa shape index (κ2) is 1.94. The zero-order chi connectivity index (χ0) is 6.97. The van der Waals surface area contributed by atoms with Crippen molar-refractivity contribution in [1.29, 1.82) is 0 Å². The number of nitrogens with zero attached hydrogens (tertiary/aromatic N) is 1. The van der Waals surface area contributed by atoms with Crippen LogP contribution >= 0.6 is 0 Å². The molecule has 1 unspecified atom stereocenters. The summed E-state index contributed by atoms with van der Waals surface area (Å²) in [4.78, 5) is 2.22. The van der Waals surface area contributed by atoms with E-state index in [0.29, 0.717) is 6.17 Å². The van der Waals surface area contributed by atoms with Crippen LogP contribution in [0.2, 0.25) is 0 Å². The molecule has 0 aromatic carbocycles. The predicted molar refractivity (Wildman–Crippen MR) is 39.7 cm³/mol. The van der Waals surface area contributed by atoms with E-state index in [4.69, 9.17) is 0 Å². The SMILES string of the molecule is CC1=CNCC2NC=CN12. The Morgan fingerprint density at radius 3 is 3.40 bits per heavy atom. The fourth-order valence-corrected chi connectivity index (χ4v) is 1.33. The molecule has 2 rings (SSSR count). The molecule has 1 atom stereocenters. The van der Waals surface area contributed by atoms with Crippen molar-refractivity contribution < 1.29 is 0 Å². The highest BCUT2D eigenvalue weighted by atomic mass is 15.3. The Kier molecular flexibility index (Phi) is 1.09. The number of nitrogens with one attached hydrogen (secondary N) is 2. The third-order valence-corrected chi connectivity index (χ3v) is 1.89. The molecule has 0 fully saturated rings. The van der Waals surface area contributed by atoms with E-state index in [-0.39, 0.29) is 0 Å². The van der Waals surface area contributed by atoms with Crippen LogP contribution in [0, 0.1) is 0 Å². The van der Waals surface area contributed by atoms with Crippen molar-refractivity contribution >= 4 is 0 Å². The van der Waals surface area contributed by atoms with Crippen LogP contribution < -0.4 is 10.6 Å². The van der Waals surface area contributed by atoms with Gasteiger partial charge in [0.05, 0.1) is 6.54 Å². The lowest BCUT2D eigenvalue weighted by atomic mass is 10.3. The lowest BCUT2D eigenvalue weighted by molar-refractivity contribution is 0.313. The summed E-state index contributed by atoms with van der Waals surface area (Å²) < 4.78 is 0. The minimum Gasteiger partial charge on any atom is -0.386 e. The third kappa shape index (κ3) is 0.667. The Morgan fingerprint density at radius 1 is 1.70 bits per heavy atom. The topological polar surface area (TPSA) is 27.3 Å². The van der Waals surface area contributed by atoms with Gasteiger partial charge in [-0.1, -0.05) is 0 Å². The summed E-state index contributed by atoms with van der Waals surface area (Å²) in [6.07, 6.45) is 6.52. The van der Waals surface area contributed by atoms with E-state index in [2.05, 4.69) is 28.7 Å². The molecule has 0 saturated carbocycles. The highest BCUT2D eigenvalue weighted by Gasteiger charge is 2.21. The molecule has 10 heavy (non-hydrogen) atoms. The zero-order valence-corrected chi connectivity index (χ0v) is 5.96. The van der Waals surface area contributed by atoms with E-state index in [9.17, 15) is 0 Å². The first-order chi connectivity index (χ1) is 4.88. The first kappa shape index (κ1) is 5.65. The van der Waals surface area contributed by atoms with E-state index in [0.717, 1.165) is 6.54 Å². The Morgan fingerprint density at radius 2 is 2.60 bits per heavy atom. The van der Waals surface area contributed by atoms with Crippen LogP contribution in [0.25, 0.3) is 0 Å². The predicted octanol–water partition coefficient (Wildman–Crippen LogP) is 0.153. The molecule has 0 spiro atoms. The summed E-state index contributed by atoms with van der Waals surface area (Å²) in [5.74, 6) is 0. The van der Waals surface area contributed by atoms with Gasteiger partial charge in [0.25, 0.3) is 0 Å². The van der Waals surface area contributed by atoms with Gasteiger partial charge in [-0.15, -0.1) is 0 Å². The van der Waals surface area contributed by atoms with Gasteiger partial charge in [0.1, 0.15) is 6.17 Å². The fraction of sp³-hybridized carbons (Fsp3) is 0.429. The number of rotatable bonds is 0. The maximum atomic E-state index is 3.23. The normalized spacial score (nSPS) is 28.7. The Balaban J connectivity index is 2.23. The van der Waals surface area contributed by atoms with Gasteiger partial charge in [0, 0.05) is 24.3 Å². The molecule has 2 aliphatic rings. The van der Waals surface area contributed by atoms with E-state index in [1.54, 1.807) is 0 Å². The summed E-state index contributed by atoms with van der Waals surface area (Å²) in [5.41, 5.74) is 1.26. The van der Waals surface area contributed by atoms with Crippen molar-refractivity contribution in [3.8, 4) is 0 Å². The first-order valence-corrected chi connectivity index (χ1v) is 3.49. The molecule has 3 heteroatoms. The van der Waals surface area contributed by atoms with Crippen LogP contribution in [-0.4, -0.2) is 17.6 Å². The van der Waals surface area contributed by atoms with Gasteiger partial charge in [-0.25, -0.2) is 0 Å². The van der Waals surface area contributed by atoms with Crippen LogP contribution in [-0.2, 0) is 0 Å².